The first-order valence-corrected chi connectivity index (χ1v) is 5.82. The molecule has 1 atom stereocenters. The molecule has 3 heteroatoms. The highest BCUT2D eigenvalue weighted by atomic mass is 16.5. The fourth-order valence-electron chi connectivity index (χ4n) is 2.14. The number of carbonyl (C=O) groups is 1. The molecule has 0 aromatic heterocycles. The van der Waals surface area contributed by atoms with E-state index in [4.69, 9.17) is 0 Å². The second-order valence-corrected chi connectivity index (χ2v) is 4.55. The summed E-state index contributed by atoms with van der Waals surface area (Å²) in [6, 6.07) is 13.5. The maximum absolute atomic E-state index is 11.4. The molecule has 0 radical (unpaired) electrons. The van der Waals surface area contributed by atoms with Gasteiger partial charge in [-0.05, 0) is 23.3 Å². The maximum atomic E-state index is 11.4. The highest BCUT2D eigenvalue weighted by molar-refractivity contribution is 5.87. The van der Waals surface area contributed by atoms with Crippen molar-refractivity contribution in [1.29, 1.82) is 0 Å². The normalized spacial score (nSPS) is 14.2. The van der Waals surface area contributed by atoms with Gasteiger partial charge in [0.1, 0.15) is 0 Å². The predicted molar refractivity (Wildman–Crippen MR) is 70.2 cm³/mol. The number of aliphatic hydroxyl groups is 1. The van der Waals surface area contributed by atoms with Gasteiger partial charge < -0.3 is 9.84 Å². The molecule has 0 bridgehead atoms. The molecule has 94 valence electrons. The van der Waals surface area contributed by atoms with E-state index in [1.807, 2.05) is 42.5 Å². The number of carbonyl (C=O) groups excluding carboxylic acids is 1. The number of ether oxygens (including phenoxy) is 1. The zero-order chi connectivity index (χ0) is 13.2. The molecule has 3 nitrogen and oxygen atoms in total. The molecule has 2 rings (SSSR count). The van der Waals surface area contributed by atoms with E-state index >= 15 is 0 Å². The zero-order valence-corrected chi connectivity index (χ0v) is 10.5. The number of methoxy groups -OCH3 is 1. The molecule has 0 spiro atoms. The van der Waals surface area contributed by atoms with Crippen molar-refractivity contribution in [1.82, 2.24) is 0 Å². The summed E-state index contributed by atoms with van der Waals surface area (Å²) in [6.45, 7) is 1.63. The molecular weight excluding hydrogens is 228 g/mol. The van der Waals surface area contributed by atoms with Crippen LogP contribution in [0.4, 0.5) is 0 Å². The van der Waals surface area contributed by atoms with Crippen molar-refractivity contribution in [3.05, 3.63) is 48.0 Å². The van der Waals surface area contributed by atoms with Gasteiger partial charge in [0.25, 0.3) is 0 Å². The lowest BCUT2D eigenvalue weighted by molar-refractivity contribution is -0.145. The van der Waals surface area contributed by atoms with Crippen LogP contribution in [0.3, 0.4) is 0 Å². The monoisotopic (exact) mass is 244 g/mol. The molecular formula is C15H16O3. The first kappa shape index (κ1) is 12.6. The van der Waals surface area contributed by atoms with Crippen LogP contribution in [0.15, 0.2) is 42.5 Å². The van der Waals surface area contributed by atoms with Crippen LogP contribution in [0, 0.1) is 0 Å². The smallest absolute Gasteiger partial charge is 0.308 e. The van der Waals surface area contributed by atoms with Gasteiger partial charge in [-0.1, -0.05) is 42.5 Å². The minimum atomic E-state index is -1.23. The molecule has 2 aromatic carbocycles. The quantitative estimate of drug-likeness (QED) is 0.844. The molecule has 0 fully saturated rings. The highest BCUT2D eigenvalue weighted by Crippen LogP contribution is 2.31. The van der Waals surface area contributed by atoms with Crippen LogP contribution in [-0.4, -0.2) is 18.2 Å². The maximum Gasteiger partial charge on any atom is 0.308 e. The van der Waals surface area contributed by atoms with E-state index in [1.54, 1.807) is 6.92 Å². The molecule has 0 saturated carbocycles. The van der Waals surface area contributed by atoms with Gasteiger partial charge in [0.15, 0.2) is 0 Å². The van der Waals surface area contributed by atoms with Gasteiger partial charge in [-0.3, -0.25) is 4.79 Å². The average molecular weight is 244 g/mol. The fraction of sp³-hybridized carbons (Fsp3) is 0.267. The lowest BCUT2D eigenvalue weighted by Crippen LogP contribution is -2.26. The molecule has 0 unspecified atom stereocenters. The Kier molecular flexibility index (Phi) is 3.34. The summed E-state index contributed by atoms with van der Waals surface area (Å²) in [4.78, 5) is 11.4. The van der Waals surface area contributed by atoms with Gasteiger partial charge in [-0.25, -0.2) is 0 Å². The third-order valence-corrected chi connectivity index (χ3v) is 3.09. The molecule has 0 aliphatic heterocycles. The van der Waals surface area contributed by atoms with Crippen LogP contribution in [0.5, 0.6) is 0 Å². The minimum absolute atomic E-state index is 0.0580. The standard InChI is InChI=1S/C15H16O3/c1-15(17,10-14(16)18-2)13-9-5-7-11-6-3-4-8-12(11)13/h3-9,17H,10H2,1-2H3/t15-/m1/s1. The second-order valence-electron chi connectivity index (χ2n) is 4.55. The number of fused-ring (bicyclic) bond motifs is 1. The number of esters is 1. The van der Waals surface area contributed by atoms with Gasteiger partial charge in [0.2, 0.25) is 0 Å². The van der Waals surface area contributed by atoms with E-state index in [1.165, 1.54) is 7.11 Å². The predicted octanol–water partition coefficient (Wildman–Crippen LogP) is 2.61. The first-order chi connectivity index (χ1) is 8.54. The summed E-state index contributed by atoms with van der Waals surface area (Å²) in [6.07, 6.45) is -0.0580. The van der Waals surface area contributed by atoms with Gasteiger partial charge in [-0.2, -0.15) is 0 Å². The summed E-state index contributed by atoms with van der Waals surface area (Å²) in [7, 11) is 1.32. The van der Waals surface area contributed by atoms with E-state index in [2.05, 4.69) is 4.74 Å². The molecule has 18 heavy (non-hydrogen) atoms. The molecule has 0 aliphatic carbocycles. The molecule has 0 amide bonds. The lowest BCUT2D eigenvalue weighted by Gasteiger charge is -2.24. The largest absolute Gasteiger partial charge is 0.469 e. The van der Waals surface area contributed by atoms with E-state index in [9.17, 15) is 9.90 Å². The number of rotatable bonds is 3. The van der Waals surface area contributed by atoms with Crippen LogP contribution in [0.1, 0.15) is 18.9 Å². The van der Waals surface area contributed by atoms with Gasteiger partial charge in [0, 0.05) is 0 Å². The van der Waals surface area contributed by atoms with Crippen molar-refractivity contribution >= 4 is 16.7 Å². The Labute approximate surface area is 106 Å². The fourth-order valence-corrected chi connectivity index (χ4v) is 2.14. The van der Waals surface area contributed by atoms with Crippen molar-refractivity contribution in [2.75, 3.05) is 7.11 Å². The van der Waals surface area contributed by atoms with Crippen LogP contribution in [-0.2, 0) is 15.1 Å². The van der Waals surface area contributed by atoms with Gasteiger partial charge in [-0.15, -0.1) is 0 Å². The Morgan fingerprint density at radius 2 is 1.89 bits per heavy atom. The molecule has 0 aliphatic rings. The second kappa shape index (κ2) is 4.78. The number of benzene rings is 2. The van der Waals surface area contributed by atoms with Gasteiger partial charge in [0.05, 0.1) is 19.1 Å². The lowest BCUT2D eigenvalue weighted by atomic mass is 9.88. The first-order valence-electron chi connectivity index (χ1n) is 5.82. The van der Waals surface area contributed by atoms with Crippen LogP contribution < -0.4 is 0 Å². The molecule has 1 N–H and O–H groups in total. The number of hydrogen-bond acceptors (Lipinski definition) is 3. The summed E-state index contributed by atoms with van der Waals surface area (Å²) in [5, 5.41) is 12.5. The highest BCUT2D eigenvalue weighted by Gasteiger charge is 2.28. The Bertz CT molecular complexity index is 567. The third kappa shape index (κ3) is 2.36. The summed E-state index contributed by atoms with van der Waals surface area (Å²) < 4.78 is 4.62. The van der Waals surface area contributed by atoms with Crippen molar-refractivity contribution in [3.63, 3.8) is 0 Å². The van der Waals surface area contributed by atoms with Crippen LogP contribution in [0.2, 0.25) is 0 Å². The zero-order valence-electron chi connectivity index (χ0n) is 10.5. The third-order valence-electron chi connectivity index (χ3n) is 3.09. The summed E-state index contributed by atoms with van der Waals surface area (Å²) in [5.41, 5.74) is -0.487. The Balaban J connectivity index is 2.50. The number of hydrogen-bond donors (Lipinski definition) is 1. The molecule has 0 saturated heterocycles. The van der Waals surface area contributed by atoms with Crippen LogP contribution >= 0.6 is 0 Å². The molecule has 0 heterocycles. The van der Waals surface area contributed by atoms with E-state index in [-0.39, 0.29) is 6.42 Å². The van der Waals surface area contributed by atoms with Crippen molar-refractivity contribution in [2.45, 2.75) is 18.9 Å². The topological polar surface area (TPSA) is 46.5 Å². The van der Waals surface area contributed by atoms with E-state index in [0.29, 0.717) is 0 Å². The van der Waals surface area contributed by atoms with Crippen molar-refractivity contribution in [2.24, 2.45) is 0 Å². The van der Waals surface area contributed by atoms with Gasteiger partial charge >= 0.3 is 5.97 Å². The molecule has 2 aromatic rings. The van der Waals surface area contributed by atoms with Crippen molar-refractivity contribution in [3.8, 4) is 0 Å². The van der Waals surface area contributed by atoms with E-state index in [0.717, 1.165) is 16.3 Å². The summed E-state index contributed by atoms with van der Waals surface area (Å²) >= 11 is 0. The Morgan fingerprint density at radius 1 is 1.22 bits per heavy atom. The van der Waals surface area contributed by atoms with E-state index < -0.39 is 11.6 Å². The summed E-state index contributed by atoms with van der Waals surface area (Å²) in [5.74, 6) is -0.423. The Morgan fingerprint density at radius 3 is 2.61 bits per heavy atom. The SMILES string of the molecule is COC(=O)C[C@@](C)(O)c1cccc2ccccc12. The Hall–Kier alpha value is -1.87. The average Bonchev–Trinajstić information content (AvgIpc) is 2.37. The van der Waals surface area contributed by atoms with Crippen molar-refractivity contribution < 1.29 is 14.6 Å². The minimum Gasteiger partial charge on any atom is -0.469 e. The van der Waals surface area contributed by atoms with Crippen LogP contribution in [0.25, 0.3) is 10.8 Å².